The maximum atomic E-state index is 8.37. The molecule has 9 aromatic rings. The number of para-hydroxylation sites is 3. The van der Waals surface area contributed by atoms with Crippen molar-refractivity contribution in [1.82, 2.24) is 14.5 Å². The van der Waals surface area contributed by atoms with Gasteiger partial charge in [-0.05, 0) is 72.3 Å². The fourth-order valence-electron chi connectivity index (χ4n) is 6.99. The number of hydrogen-bond acceptors (Lipinski definition) is 3. The molecule has 5 heteroatoms. The van der Waals surface area contributed by atoms with Crippen molar-refractivity contribution in [1.29, 1.82) is 0 Å². The van der Waals surface area contributed by atoms with Gasteiger partial charge in [-0.15, -0.1) is 0 Å². The Morgan fingerprint density at radius 3 is 1.65 bits per heavy atom. The van der Waals surface area contributed by atoms with Crippen molar-refractivity contribution in [2.75, 3.05) is 4.90 Å². The minimum Gasteiger partial charge on any atom is -0.319 e. The molecule has 2 aromatic heterocycles. The van der Waals surface area contributed by atoms with Gasteiger partial charge in [-0.3, -0.25) is 0 Å². The van der Waals surface area contributed by atoms with Crippen LogP contribution in [0.1, 0.15) is 0 Å². The normalized spacial score (nSPS) is 11.1. The fourth-order valence-corrected chi connectivity index (χ4v) is 6.99. The van der Waals surface area contributed by atoms with Gasteiger partial charge in [0, 0.05) is 39.0 Å². The highest BCUT2D eigenvalue weighted by Gasteiger charge is 2.19. The molecular weight excluding hydrogens is 635 g/mol. The molecule has 0 aliphatic carbocycles. The van der Waals surface area contributed by atoms with Gasteiger partial charge in [-0.1, -0.05) is 121 Å². The molecule has 7 aromatic carbocycles. The molecule has 0 fully saturated rings. The number of benzene rings is 7. The number of aromatic nitrogens is 3. The second kappa shape index (κ2) is 13.2. The zero-order valence-electron chi connectivity index (χ0n) is 28.1. The summed E-state index contributed by atoms with van der Waals surface area (Å²) < 4.78 is 2.21. The summed E-state index contributed by atoms with van der Waals surface area (Å²) in [4.78, 5) is 16.3. The summed E-state index contributed by atoms with van der Waals surface area (Å²) in [6.07, 6.45) is 0. The van der Waals surface area contributed by atoms with Crippen LogP contribution in [-0.4, -0.2) is 14.5 Å². The van der Waals surface area contributed by atoms with Gasteiger partial charge in [0.25, 0.3) is 0 Å². The summed E-state index contributed by atoms with van der Waals surface area (Å²) in [6, 6.07) is 64.2. The van der Waals surface area contributed by atoms with Crippen LogP contribution in [0, 0.1) is 6.57 Å². The first kappa shape index (κ1) is 30.7. The summed E-state index contributed by atoms with van der Waals surface area (Å²) in [5.74, 6) is 0.642. The van der Waals surface area contributed by atoms with Crippen LogP contribution in [0.15, 0.2) is 188 Å². The Hall–Kier alpha value is -7.29. The highest BCUT2D eigenvalue weighted by atomic mass is 15.1. The Kier molecular flexibility index (Phi) is 7.81. The smallest absolute Gasteiger partial charge is 0.211 e. The van der Waals surface area contributed by atoms with Gasteiger partial charge >= 0.3 is 0 Å². The zero-order valence-corrected chi connectivity index (χ0v) is 28.1. The van der Waals surface area contributed by atoms with Crippen LogP contribution in [0.4, 0.5) is 22.7 Å². The molecule has 0 amide bonds. The largest absolute Gasteiger partial charge is 0.319 e. The molecule has 52 heavy (non-hydrogen) atoms. The van der Waals surface area contributed by atoms with Crippen molar-refractivity contribution in [3.63, 3.8) is 0 Å². The average Bonchev–Trinajstić information content (AvgIpc) is 3.55. The van der Waals surface area contributed by atoms with Gasteiger partial charge in [0.1, 0.15) is 0 Å². The third-order valence-corrected chi connectivity index (χ3v) is 9.40. The van der Waals surface area contributed by atoms with E-state index in [1.54, 1.807) is 0 Å². The van der Waals surface area contributed by atoms with Crippen molar-refractivity contribution in [3.8, 4) is 39.6 Å². The van der Waals surface area contributed by atoms with Crippen molar-refractivity contribution >= 4 is 44.6 Å². The number of rotatable bonds is 7. The first-order valence-corrected chi connectivity index (χ1v) is 17.2. The van der Waals surface area contributed by atoms with Gasteiger partial charge in [0.15, 0.2) is 5.82 Å². The van der Waals surface area contributed by atoms with Crippen molar-refractivity contribution in [2.45, 2.75) is 0 Å². The number of hydrogen-bond donors (Lipinski definition) is 0. The summed E-state index contributed by atoms with van der Waals surface area (Å²) in [7, 11) is 0. The minimum atomic E-state index is 0.542. The highest BCUT2D eigenvalue weighted by Crippen LogP contribution is 2.41. The van der Waals surface area contributed by atoms with Crippen LogP contribution in [0.2, 0.25) is 0 Å². The molecule has 9 rings (SSSR count). The van der Waals surface area contributed by atoms with E-state index < -0.39 is 0 Å². The van der Waals surface area contributed by atoms with Crippen LogP contribution in [0.25, 0.3) is 66.2 Å². The van der Waals surface area contributed by atoms with E-state index in [4.69, 9.17) is 16.5 Å². The summed E-state index contributed by atoms with van der Waals surface area (Å²) in [5, 5.41) is 2.23. The van der Waals surface area contributed by atoms with Crippen molar-refractivity contribution in [3.05, 3.63) is 199 Å². The topological polar surface area (TPSA) is 38.3 Å². The zero-order chi connectivity index (χ0) is 34.9. The van der Waals surface area contributed by atoms with Gasteiger partial charge < -0.3 is 9.47 Å². The average molecular weight is 666 g/mol. The molecule has 244 valence electrons. The van der Waals surface area contributed by atoms with Gasteiger partial charge in [0.05, 0.1) is 34.7 Å². The van der Waals surface area contributed by atoms with E-state index in [2.05, 4.69) is 130 Å². The van der Waals surface area contributed by atoms with Crippen LogP contribution in [0.5, 0.6) is 0 Å². The lowest BCUT2D eigenvalue weighted by Gasteiger charge is -2.25. The predicted molar refractivity (Wildman–Crippen MR) is 214 cm³/mol. The lowest BCUT2D eigenvalue weighted by Crippen LogP contribution is -2.09. The van der Waals surface area contributed by atoms with Crippen molar-refractivity contribution < 1.29 is 0 Å². The Balaban J connectivity index is 1.20. The molecule has 0 spiro atoms. The van der Waals surface area contributed by atoms with E-state index in [1.807, 2.05) is 72.8 Å². The standard InChI is InChI=1S/C47H31N5/c1-48-43-30-35(42-32-41(33-16-6-2-7-17-33)49-47(50-42)34-18-8-3-9-19-34)26-28-46(43)52-44-25-15-14-24-39(44)40-31-38(27-29-45(40)52)51(36-20-10-4-11-21-36)37-22-12-5-13-23-37/h2-32H. The van der Waals surface area contributed by atoms with Crippen LogP contribution in [-0.2, 0) is 0 Å². The Labute approximate surface area is 302 Å². The van der Waals surface area contributed by atoms with Gasteiger partial charge in [-0.25, -0.2) is 14.8 Å². The summed E-state index contributed by atoms with van der Waals surface area (Å²) >= 11 is 0. The molecule has 0 N–H and O–H groups in total. The van der Waals surface area contributed by atoms with Crippen molar-refractivity contribution in [2.24, 2.45) is 0 Å². The molecule has 0 radical (unpaired) electrons. The molecule has 0 atom stereocenters. The third-order valence-electron chi connectivity index (χ3n) is 9.40. The summed E-state index contributed by atoms with van der Waals surface area (Å²) in [5.41, 5.74) is 11.0. The second-order valence-corrected chi connectivity index (χ2v) is 12.6. The molecule has 0 saturated heterocycles. The SMILES string of the molecule is [C-]#[N+]c1cc(-c2cc(-c3ccccc3)nc(-c3ccccc3)n2)ccc1-n1c2ccccc2c2cc(N(c3ccccc3)c3ccccc3)ccc21. The van der Waals surface area contributed by atoms with Crippen LogP contribution < -0.4 is 4.90 Å². The number of fused-ring (bicyclic) bond motifs is 3. The van der Waals surface area contributed by atoms with Crippen LogP contribution in [0.3, 0.4) is 0 Å². The Bertz CT molecular complexity index is 2640. The Morgan fingerprint density at radius 1 is 0.442 bits per heavy atom. The molecule has 0 aliphatic heterocycles. The van der Waals surface area contributed by atoms with E-state index in [0.29, 0.717) is 11.5 Å². The lowest BCUT2D eigenvalue weighted by atomic mass is 10.1. The molecular formula is C47H31N5. The number of anilines is 3. The molecule has 2 heterocycles. The lowest BCUT2D eigenvalue weighted by molar-refractivity contribution is 1.17. The van der Waals surface area contributed by atoms with E-state index in [1.165, 1.54) is 0 Å². The van der Waals surface area contributed by atoms with E-state index in [-0.39, 0.29) is 0 Å². The first-order chi connectivity index (χ1) is 25.7. The quantitative estimate of drug-likeness (QED) is 0.159. The van der Waals surface area contributed by atoms with Crippen LogP contribution >= 0.6 is 0 Å². The van der Waals surface area contributed by atoms with Gasteiger partial charge in [-0.2, -0.15) is 0 Å². The molecule has 0 aliphatic rings. The molecule has 0 unspecified atom stereocenters. The maximum absolute atomic E-state index is 8.37. The number of nitrogens with zero attached hydrogens (tertiary/aromatic N) is 5. The van der Waals surface area contributed by atoms with E-state index in [9.17, 15) is 0 Å². The first-order valence-electron chi connectivity index (χ1n) is 17.2. The Morgan fingerprint density at radius 2 is 1.00 bits per heavy atom. The third kappa shape index (κ3) is 5.55. The minimum absolute atomic E-state index is 0.542. The maximum Gasteiger partial charge on any atom is 0.211 e. The second-order valence-electron chi connectivity index (χ2n) is 12.6. The molecule has 0 saturated carbocycles. The highest BCUT2D eigenvalue weighted by molar-refractivity contribution is 6.11. The fraction of sp³-hybridized carbons (Fsp3) is 0. The monoisotopic (exact) mass is 665 g/mol. The predicted octanol–water partition coefficient (Wildman–Crippen LogP) is 12.6. The molecule has 0 bridgehead atoms. The summed E-state index contributed by atoms with van der Waals surface area (Å²) in [6.45, 7) is 8.37. The van der Waals surface area contributed by atoms with E-state index >= 15 is 0 Å². The van der Waals surface area contributed by atoms with Gasteiger partial charge in [0.2, 0.25) is 5.69 Å². The molecule has 5 nitrogen and oxygen atoms in total. The van der Waals surface area contributed by atoms with E-state index in [0.717, 1.165) is 72.6 Å².